The van der Waals surface area contributed by atoms with Crippen molar-refractivity contribution in [3.63, 3.8) is 0 Å². The minimum Gasteiger partial charge on any atom is -0.493 e. The van der Waals surface area contributed by atoms with E-state index in [1.54, 1.807) is 12.1 Å². The Morgan fingerprint density at radius 1 is 0.806 bits per heavy atom. The van der Waals surface area contributed by atoms with Crippen LogP contribution >= 0.6 is 0 Å². The molecule has 3 aromatic rings. The second kappa shape index (κ2) is 9.84. The Hall–Kier alpha value is -4.45. The number of nitro groups is 2. The van der Waals surface area contributed by atoms with E-state index in [-0.39, 0.29) is 18.0 Å². The highest BCUT2D eigenvalue weighted by molar-refractivity contribution is 5.65. The molecule has 0 atom stereocenters. The van der Waals surface area contributed by atoms with E-state index in [0.717, 1.165) is 23.3 Å². The van der Waals surface area contributed by atoms with Gasteiger partial charge in [-0.3, -0.25) is 20.2 Å². The molecule has 0 aliphatic rings. The number of nitrogens with zero attached hydrogens (tertiary/aromatic N) is 3. The molecule has 9 heteroatoms. The quantitative estimate of drug-likeness (QED) is 0.274. The van der Waals surface area contributed by atoms with Crippen LogP contribution in [0.15, 0.2) is 66.7 Å². The van der Waals surface area contributed by atoms with E-state index in [4.69, 9.17) is 14.7 Å². The van der Waals surface area contributed by atoms with Gasteiger partial charge < -0.3 is 9.47 Å². The fourth-order valence-electron chi connectivity index (χ4n) is 2.80. The molecule has 0 saturated carbocycles. The lowest BCUT2D eigenvalue weighted by Gasteiger charge is -2.09. The van der Waals surface area contributed by atoms with Crippen molar-refractivity contribution in [1.29, 1.82) is 5.26 Å². The Morgan fingerprint density at radius 3 is 2.00 bits per heavy atom. The van der Waals surface area contributed by atoms with E-state index >= 15 is 0 Å². The van der Waals surface area contributed by atoms with Crippen LogP contribution in [0.1, 0.15) is 12.0 Å². The molecular weight excluding hydrogens is 402 g/mol. The maximum Gasteiger partial charge on any atom is 0.317 e. The summed E-state index contributed by atoms with van der Waals surface area (Å²) in [6.07, 6.45) is 0.464. The number of hydrogen-bond acceptors (Lipinski definition) is 7. The molecule has 0 bridgehead atoms. The zero-order chi connectivity index (χ0) is 22.2. The molecule has 0 aromatic heterocycles. The zero-order valence-corrected chi connectivity index (χ0v) is 16.3. The second-order valence-electron chi connectivity index (χ2n) is 6.43. The molecule has 3 rings (SSSR count). The van der Waals surface area contributed by atoms with Crippen molar-refractivity contribution in [2.75, 3.05) is 13.2 Å². The van der Waals surface area contributed by atoms with Gasteiger partial charge >= 0.3 is 5.69 Å². The molecule has 0 amide bonds. The molecule has 31 heavy (non-hydrogen) atoms. The van der Waals surface area contributed by atoms with Crippen LogP contribution in [0.3, 0.4) is 0 Å². The van der Waals surface area contributed by atoms with E-state index in [1.807, 2.05) is 36.4 Å². The monoisotopic (exact) mass is 419 g/mol. The van der Waals surface area contributed by atoms with Crippen LogP contribution in [0.5, 0.6) is 11.5 Å². The van der Waals surface area contributed by atoms with Crippen molar-refractivity contribution in [2.45, 2.75) is 6.42 Å². The summed E-state index contributed by atoms with van der Waals surface area (Å²) < 4.78 is 11.1. The van der Waals surface area contributed by atoms with Gasteiger partial charge in [0.15, 0.2) is 5.75 Å². The summed E-state index contributed by atoms with van der Waals surface area (Å²) >= 11 is 0. The average Bonchev–Trinajstić information content (AvgIpc) is 2.79. The molecule has 156 valence electrons. The van der Waals surface area contributed by atoms with Gasteiger partial charge in [-0.1, -0.05) is 24.3 Å². The van der Waals surface area contributed by atoms with Crippen molar-refractivity contribution in [3.05, 3.63) is 92.5 Å². The van der Waals surface area contributed by atoms with Crippen molar-refractivity contribution in [1.82, 2.24) is 0 Å². The molecule has 0 unspecified atom stereocenters. The van der Waals surface area contributed by atoms with Crippen LogP contribution in [-0.4, -0.2) is 23.1 Å². The summed E-state index contributed by atoms with van der Waals surface area (Å²) in [6, 6.07) is 20.1. The number of rotatable bonds is 9. The summed E-state index contributed by atoms with van der Waals surface area (Å²) in [4.78, 5) is 20.4. The van der Waals surface area contributed by atoms with Crippen LogP contribution < -0.4 is 9.47 Å². The standard InChI is InChI=1S/C22H17N3O6/c23-15-16-2-4-17(5-3-16)18-6-9-20(10-7-18)30-12-1-13-31-22-11-8-19(24(26)27)14-21(22)25(28)29/h2-11,14H,1,12-13H2. The van der Waals surface area contributed by atoms with E-state index < -0.39 is 15.5 Å². The van der Waals surface area contributed by atoms with Crippen LogP contribution in [-0.2, 0) is 0 Å². The van der Waals surface area contributed by atoms with Crippen LogP contribution in [0.25, 0.3) is 11.1 Å². The molecule has 0 fully saturated rings. The van der Waals surface area contributed by atoms with E-state index in [2.05, 4.69) is 6.07 Å². The van der Waals surface area contributed by atoms with Crippen molar-refractivity contribution in [2.24, 2.45) is 0 Å². The molecule has 0 radical (unpaired) electrons. The molecular formula is C22H17N3O6. The largest absolute Gasteiger partial charge is 0.493 e. The van der Waals surface area contributed by atoms with Gasteiger partial charge in [0.25, 0.3) is 5.69 Å². The fraction of sp³-hybridized carbons (Fsp3) is 0.136. The van der Waals surface area contributed by atoms with Gasteiger partial charge in [0, 0.05) is 12.5 Å². The predicted octanol–water partition coefficient (Wildman–Crippen LogP) is 4.89. The summed E-state index contributed by atoms with van der Waals surface area (Å²) in [5, 5.41) is 30.7. The predicted molar refractivity (Wildman–Crippen MR) is 112 cm³/mol. The van der Waals surface area contributed by atoms with Crippen LogP contribution in [0.2, 0.25) is 0 Å². The third-order valence-electron chi connectivity index (χ3n) is 4.37. The third kappa shape index (κ3) is 5.55. The van der Waals surface area contributed by atoms with Gasteiger partial charge in [-0.2, -0.15) is 5.26 Å². The smallest absolute Gasteiger partial charge is 0.317 e. The van der Waals surface area contributed by atoms with Gasteiger partial charge in [0.05, 0.1) is 40.8 Å². The summed E-state index contributed by atoms with van der Waals surface area (Å²) in [6.45, 7) is 0.485. The summed E-state index contributed by atoms with van der Waals surface area (Å²) in [7, 11) is 0. The third-order valence-corrected chi connectivity index (χ3v) is 4.37. The molecule has 3 aromatic carbocycles. The number of benzene rings is 3. The normalized spacial score (nSPS) is 10.2. The highest BCUT2D eigenvalue weighted by Crippen LogP contribution is 2.31. The number of hydrogen-bond donors (Lipinski definition) is 0. The van der Waals surface area contributed by atoms with Gasteiger partial charge in [-0.05, 0) is 41.5 Å². The molecule has 0 spiro atoms. The molecule has 0 heterocycles. The van der Waals surface area contributed by atoms with Gasteiger partial charge in [-0.15, -0.1) is 0 Å². The SMILES string of the molecule is N#Cc1ccc(-c2ccc(OCCCOc3ccc([N+](=O)[O-])cc3[N+](=O)[O-])cc2)cc1. The van der Waals surface area contributed by atoms with E-state index in [9.17, 15) is 20.2 Å². The highest BCUT2D eigenvalue weighted by atomic mass is 16.6. The van der Waals surface area contributed by atoms with Crippen LogP contribution in [0, 0.1) is 31.6 Å². The van der Waals surface area contributed by atoms with Gasteiger partial charge in [0.2, 0.25) is 0 Å². The Balaban J connectivity index is 1.49. The van der Waals surface area contributed by atoms with Gasteiger partial charge in [0.1, 0.15) is 5.75 Å². The molecule has 0 saturated heterocycles. The highest BCUT2D eigenvalue weighted by Gasteiger charge is 2.20. The van der Waals surface area contributed by atoms with Crippen molar-refractivity contribution < 1.29 is 19.3 Å². The zero-order valence-electron chi connectivity index (χ0n) is 16.3. The van der Waals surface area contributed by atoms with Gasteiger partial charge in [-0.25, -0.2) is 0 Å². The van der Waals surface area contributed by atoms with Crippen molar-refractivity contribution >= 4 is 11.4 Å². The minimum absolute atomic E-state index is 0.0256. The number of ether oxygens (including phenoxy) is 2. The van der Waals surface area contributed by atoms with E-state index in [1.165, 1.54) is 6.07 Å². The number of nitriles is 1. The molecule has 0 aliphatic carbocycles. The average molecular weight is 419 g/mol. The lowest BCUT2D eigenvalue weighted by molar-refractivity contribution is -0.394. The maximum atomic E-state index is 11.1. The molecule has 0 aliphatic heterocycles. The first kappa shape index (κ1) is 21.3. The number of nitro benzene ring substituents is 2. The Morgan fingerprint density at radius 2 is 1.42 bits per heavy atom. The maximum absolute atomic E-state index is 11.1. The number of non-ortho nitro benzene ring substituents is 1. The fourth-order valence-corrected chi connectivity index (χ4v) is 2.80. The van der Waals surface area contributed by atoms with E-state index in [0.29, 0.717) is 24.3 Å². The second-order valence-corrected chi connectivity index (χ2v) is 6.43. The molecule has 9 nitrogen and oxygen atoms in total. The topological polar surface area (TPSA) is 129 Å². The Labute approximate surface area is 177 Å². The lowest BCUT2D eigenvalue weighted by atomic mass is 10.0. The first-order chi connectivity index (χ1) is 15.0. The van der Waals surface area contributed by atoms with Crippen molar-refractivity contribution in [3.8, 4) is 28.7 Å². The van der Waals surface area contributed by atoms with Crippen LogP contribution in [0.4, 0.5) is 11.4 Å². The molecule has 0 N–H and O–H groups in total. The lowest BCUT2D eigenvalue weighted by Crippen LogP contribution is -2.06. The Bertz CT molecular complexity index is 1120. The minimum atomic E-state index is -0.714. The Kier molecular flexibility index (Phi) is 6.75. The summed E-state index contributed by atoms with van der Waals surface area (Å²) in [5.74, 6) is 0.640. The summed E-state index contributed by atoms with van der Waals surface area (Å²) in [5.41, 5.74) is 1.76. The first-order valence-electron chi connectivity index (χ1n) is 9.27. The first-order valence-corrected chi connectivity index (χ1v) is 9.27.